The Morgan fingerprint density at radius 3 is 2.25 bits per heavy atom. The van der Waals surface area contributed by atoms with Crippen LogP contribution in [0, 0.1) is 5.82 Å². The molecule has 2 N–H and O–H groups in total. The Morgan fingerprint density at radius 2 is 1.70 bits per heavy atom. The van der Waals surface area contributed by atoms with Gasteiger partial charge in [-0.25, -0.2) is 4.39 Å². The van der Waals surface area contributed by atoms with Gasteiger partial charge in [0.05, 0.1) is 6.61 Å². The molecular weight excluding hydrogens is 262 g/mol. The zero-order chi connectivity index (χ0) is 14.5. The maximum Gasteiger partial charge on any atom is 0.488 e. The molecule has 0 aliphatic rings. The van der Waals surface area contributed by atoms with E-state index in [1.807, 2.05) is 0 Å². The summed E-state index contributed by atoms with van der Waals surface area (Å²) in [5.41, 5.74) is 0.357. The van der Waals surface area contributed by atoms with Crippen molar-refractivity contribution in [3.8, 4) is 17.2 Å². The van der Waals surface area contributed by atoms with Crippen molar-refractivity contribution in [3.05, 3.63) is 48.3 Å². The van der Waals surface area contributed by atoms with E-state index in [0.29, 0.717) is 23.6 Å². The van der Waals surface area contributed by atoms with Crippen molar-refractivity contribution in [2.24, 2.45) is 0 Å². The lowest BCUT2D eigenvalue weighted by molar-refractivity contribution is 0.320. The average Bonchev–Trinajstić information content (AvgIpc) is 2.42. The molecule has 0 spiro atoms. The average molecular weight is 276 g/mol. The van der Waals surface area contributed by atoms with Crippen LogP contribution in [-0.4, -0.2) is 23.8 Å². The second-order valence-corrected chi connectivity index (χ2v) is 4.07. The minimum Gasteiger partial charge on any atom is -0.491 e. The van der Waals surface area contributed by atoms with Gasteiger partial charge in [-0.3, -0.25) is 0 Å². The van der Waals surface area contributed by atoms with E-state index in [-0.39, 0.29) is 5.75 Å². The molecule has 104 valence electrons. The summed E-state index contributed by atoms with van der Waals surface area (Å²) in [6.07, 6.45) is 0. The van der Waals surface area contributed by atoms with Crippen molar-refractivity contribution in [1.82, 2.24) is 0 Å². The van der Waals surface area contributed by atoms with E-state index in [0.717, 1.165) is 0 Å². The molecule has 0 saturated heterocycles. The van der Waals surface area contributed by atoms with Crippen LogP contribution in [0.5, 0.6) is 17.2 Å². The highest BCUT2D eigenvalue weighted by Crippen LogP contribution is 2.26. The molecule has 0 aromatic heterocycles. The van der Waals surface area contributed by atoms with Crippen LogP contribution < -0.4 is 14.9 Å². The Balaban J connectivity index is 2.11. The highest BCUT2D eigenvalue weighted by Gasteiger charge is 2.10. The lowest BCUT2D eigenvalue weighted by Gasteiger charge is -2.09. The number of hydrogen-bond acceptors (Lipinski definition) is 4. The molecule has 0 aliphatic heterocycles. The van der Waals surface area contributed by atoms with Gasteiger partial charge in [-0.1, -0.05) is 12.1 Å². The molecule has 0 radical (unpaired) electrons. The summed E-state index contributed by atoms with van der Waals surface area (Å²) in [6, 6.07) is 10.5. The van der Waals surface area contributed by atoms with E-state index in [9.17, 15) is 4.39 Å². The molecule has 0 amide bonds. The quantitative estimate of drug-likeness (QED) is 0.816. The summed E-state index contributed by atoms with van der Waals surface area (Å²) in [5, 5.41) is 17.9. The van der Waals surface area contributed by atoms with Crippen LogP contribution in [0.1, 0.15) is 6.92 Å². The molecule has 2 aromatic rings. The molecule has 20 heavy (non-hydrogen) atoms. The SMILES string of the molecule is CCOc1ccc(Oc2ccc(B(O)O)cc2)cc1F. The fourth-order valence-corrected chi connectivity index (χ4v) is 1.66. The summed E-state index contributed by atoms with van der Waals surface area (Å²) < 4.78 is 24.2. The Bertz CT molecular complexity index is 572. The van der Waals surface area contributed by atoms with Crippen LogP contribution in [0.4, 0.5) is 4.39 Å². The third-order valence-electron chi connectivity index (χ3n) is 2.62. The van der Waals surface area contributed by atoms with Gasteiger partial charge in [0, 0.05) is 6.07 Å². The molecule has 0 unspecified atom stereocenters. The fourth-order valence-electron chi connectivity index (χ4n) is 1.66. The van der Waals surface area contributed by atoms with E-state index in [2.05, 4.69) is 0 Å². The van der Waals surface area contributed by atoms with Gasteiger partial charge in [0.1, 0.15) is 11.5 Å². The highest BCUT2D eigenvalue weighted by molar-refractivity contribution is 6.58. The number of halogens is 1. The normalized spacial score (nSPS) is 10.2. The second-order valence-electron chi connectivity index (χ2n) is 4.07. The van der Waals surface area contributed by atoms with Gasteiger partial charge in [0.25, 0.3) is 0 Å². The lowest BCUT2D eigenvalue weighted by atomic mass is 9.80. The van der Waals surface area contributed by atoms with Crippen LogP contribution in [0.3, 0.4) is 0 Å². The van der Waals surface area contributed by atoms with E-state index >= 15 is 0 Å². The Labute approximate surface area is 116 Å². The van der Waals surface area contributed by atoms with Crippen LogP contribution in [0.15, 0.2) is 42.5 Å². The topological polar surface area (TPSA) is 58.9 Å². The zero-order valence-corrected chi connectivity index (χ0v) is 10.9. The monoisotopic (exact) mass is 276 g/mol. The van der Waals surface area contributed by atoms with Crippen molar-refractivity contribution in [1.29, 1.82) is 0 Å². The first-order chi connectivity index (χ1) is 9.60. The smallest absolute Gasteiger partial charge is 0.488 e. The molecule has 0 heterocycles. The summed E-state index contributed by atoms with van der Waals surface area (Å²) in [4.78, 5) is 0. The highest BCUT2D eigenvalue weighted by atomic mass is 19.1. The number of hydrogen-bond donors (Lipinski definition) is 2. The predicted octanol–water partition coefficient (Wildman–Crippen LogP) is 1.70. The van der Waals surface area contributed by atoms with Crippen molar-refractivity contribution in [2.75, 3.05) is 6.61 Å². The molecule has 2 aromatic carbocycles. The van der Waals surface area contributed by atoms with Crippen LogP contribution in [0.25, 0.3) is 0 Å². The van der Waals surface area contributed by atoms with Crippen LogP contribution >= 0.6 is 0 Å². The van der Waals surface area contributed by atoms with Gasteiger partial charge in [-0.15, -0.1) is 0 Å². The van der Waals surface area contributed by atoms with Gasteiger partial charge in [-0.05, 0) is 36.7 Å². The van der Waals surface area contributed by atoms with Gasteiger partial charge in [-0.2, -0.15) is 0 Å². The first-order valence-corrected chi connectivity index (χ1v) is 6.16. The van der Waals surface area contributed by atoms with E-state index < -0.39 is 12.9 Å². The first-order valence-electron chi connectivity index (χ1n) is 6.16. The van der Waals surface area contributed by atoms with Gasteiger partial charge < -0.3 is 19.5 Å². The number of rotatable bonds is 5. The molecular formula is C14H14BFO4. The van der Waals surface area contributed by atoms with Gasteiger partial charge in [0.15, 0.2) is 11.6 Å². The maximum absolute atomic E-state index is 13.6. The Kier molecular flexibility index (Phi) is 4.60. The number of benzene rings is 2. The Hall–Kier alpha value is -2.05. The third-order valence-corrected chi connectivity index (χ3v) is 2.62. The Morgan fingerprint density at radius 1 is 1.05 bits per heavy atom. The van der Waals surface area contributed by atoms with Crippen LogP contribution in [0.2, 0.25) is 0 Å². The fraction of sp³-hybridized carbons (Fsp3) is 0.143. The zero-order valence-electron chi connectivity index (χ0n) is 10.9. The van der Waals surface area contributed by atoms with E-state index in [1.54, 1.807) is 25.1 Å². The van der Waals surface area contributed by atoms with Gasteiger partial charge >= 0.3 is 7.12 Å². The lowest BCUT2D eigenvalue weighted by Crippen LogP contribution is -2.29. The summed E-state index contributed by atoms with van der Waals surface area (Å²) >= 11 is 0. The molecule has 0 bridgehead atoms. The predicted molar refractivity (Wildman–Crippen MR) is 73.9 cm³/mol. The molecule has 0 fully saturated rings. The molecule has 4 nitrogen and oxygen atoms in total. The van der Waals surface area contributed by atoms with E-state index in [1.165, 1.54) is 24.3 Å². The molecule has 6 heteroatoms. The number of ether oxygens (including phenoxy) is 2. The minimum atomic E-state index is -1.52. The molecule has 2 rings (SSSR count). The first kappa shape index (κ1) is 14.4. The molecule has 0 saturated carbocycles. The van der Waals surface area contributed by atoms with Gasteiger partial charge in [0.2, 0.25) is 0 Å². The summed E-state index contributed by atoms with van der Waals surface area (Å²) in [5.74, 6) is 0.492. The van der Waals surface area contributed by atoms with Crippen molar-refractivity contribution in [3.63, 3.8) is 0 Å². The minimum absolute atomic E-state index is 0.179. The third kappa shape index (κ3) is 3.49. The standard InChI is InChI=1S/C14H14BFO4/c1-2-19-14-8-7-12(9-13(14)16)20-11-5-3-10(4-6-11)15(17)18/h3-9,17-18H,2H2,1H3. The van der Waals surface area contributed by atoms with Crippen LogP contribution in [-0.2, 0) is 0 Å². The van der Waals surface area contributed by atoms with Crippen molar-refractivity contribution >= 4 is 12.6 Å². The maximum atomic E-state index is 13.6. The summed E-state index contributed by atoms with van der Waals surface area (Å²) in [7, 11) is -1.52. The van der Waals surface area contributed by atoms with Crippen molar-refractivity contribution in [2.45, 2.75) is 6.92 Å². The van der Waals surface area contributed by atoms with E-state index in [4.69, 9.17) is 19.5 Å². The van der Waals surface area contributed by atoms with Crippen molar-refractivity contribution < 1.29 is 23.9 Å². The second kappa shape index (κ2) is 6.41. The molecule has 0 aliphatic carbocycles. The summed E-state index contributed by atoms with van der Waals surface area (Å²) in [6.45, 7) is 2.17. The largest absolute Gasteiger partial charge is 0.491 e. The molecule has 0 atom stereocenters.